The number of nitrogens with one attached hydrogen (secondary N) is 1. The van der Waals surface area contributed by atoms with E-state index in [1.54, 1.807) is 12.1 Å². The Hall–Kier alpha value is -1.04. The van der Waals surface area contributed by atoms with E-state index in [0.717, 1.165) is 12.0 Å². The molecule has 0 bridgehead atoms. The lowest BCUT2D eigenvalue weighted by atomic mass is 10.1. The van der Waals surface area contributed by atoms with Gasteiger partial charge in [-0.2, -0.15) is 4.98 Å². The van der Waals surface area contributed by atoms with Crippen LogP contribution in [0.25, 0.3) is 0 Å². The maximum Gasteiger partial charge on any atom is 0.225 e. The van der Waals surface area contributed by atoms with Crippen molar-refractivity contribution in [1.29, 1.82) is 0 Å². The minimum atomic E-state index is 0.411. The van der Waals surface area contributed by atoms with Crippen LogP contribution < -0.4 is 11.1 Å². The molecule has 0 saturated carbocycles. The number of nitrogens with two attached hydrogens (primary N) is 1. The van der Waals surface area contributed by atoms with Crippen molar-refractivity contribution in [2.75, 3.05) is 17.6 Å². The number of nitrogens with zero attached hydrogens (tertiary/aromatic N) is 2. The molecule has 0 aliphatic rings. The van der Waals surface area contributed by atoms with Crippen molar-refractivity contribution in [1.82, 2.24) is 9.97 Å². The number of halogens is 3. The molecule has 0 atom stereocenters. The molecule has 0 aliphatic carbocycles. The van der Waals surface area contributed by atoms with Gasteiger partial charge >= 0.3 is 0 Å². The predicted molar refractivity (Wildman–Crippen MR) is 82.8 cm³/mol. The molecule has 0 amide bonds. The highest BCUT2D eigenvalue weighted by Crippen LogP contribution is 2.21. The van der Waals surface area contributed by atoms with Crippen LogP contribution in [0.2, 0.25) is 10.0 Å². The Balaban J connectivity index is 1.96. The summed E-state index contributed by atoms with van der Waals surface area (Å²) in [5, 5.41) is 4.38. The number of benzene rings is 1. The molecule has 1 aromatic carbocycles. The predicted octanol–water partition coefficient (Wildman–Crippen LogP) is 3.78. The Bertz CT molecular complexity index is 572. The summed E-state index contributed by atoms with van der Waals surface area (Å²) < 4.78 is 0.645. The first kappa shape index (κ1) is 14.4. The molecule has 0 fully saturated rings. The minimum Gasteiger partial charge on any atom is -0.383 e. The molecular formula is C12H11BrCl2N4. The molecular weight excluding hydrogens is 351 g/mol. The van der Waals surface area contributed by atoms with E-state index in [0.29, 0.717) is 33.0 Å². The lowest BCUT2D eigenvalue weighted by molar-refractivity contribution is 0.982. The zero-order valence-electron chi connectivity index (χ0n) is 9.83. The molecule has 7 heteroatoms. The Morgan fingerprint density at radius 1 is 1.21 bits per heavy atom. The highest BCUT2D eigenvalue weighted by atomic mass is 79.9. The average Bonchev–Trinajstić information content (AvgIpc) is 2.30. The molecule has 0 radical (unpaired) electrons. The maximum atomic E-state index is 6.09. The van der Waals surface area contributed by atoms with Gasteiger partial charge < -0.3 is 11.1 Å². The molecule has 1 aromatic heterocycles. The molecule has 2 aromatic rings. The minimum absolute atomic E-state index is 0.411. The van der Waals surface area contributed by atoms with Crippen molar-refractivity contribution >= 4 is 50.9 Å². The third-order valence-corrected chi connectivity index (χ3v) is 3.40. The van der Waals surface area contributed by atoms with Gasteiger partial charge in [-0.25, -0.2) is 4.98 Å². The summed E-state index contributed by atoms with van der Waals surface area (Å²) in [5.74, 6) is 0.894. The summed E-state index contributed by atoms with van der Waals surface area (Å²) in [6.45, 7) is 0.650. The quantitative estimate of drug-likeness (QED) is 0.813. The van der Waals surface area contributed by atoms with E-state index < -0.39 is 0 Å². The topological polar surface area (TPSA) is 63.8 Å². The van der Waals surface area contributed by atoms with Crippen LogP contribution in [0.5, 0.6) is 0 Å². The number of rotatable bonds is 4. The third kappa shape index (κ3) is 4.23. The van der Waals surface area contributed by atoms with Crippen molar-refractivity contribution < 1.29 is 0 Å². The molecule has 19 heavy (non-hydrogen) atoms. The van der Waals surface area contributed by atoms with Crippen LogP contribution >= 0.6 is 39.1 Å². The number of aromatic nitrogens is 2. The van der Waals surface area contributed by atoms with Gasteiger partial charge in [0.25, 0.3) is 0 Å². The van der Waals surface area contributed by atoms with Gasteiger partial charge in [0.05, 0.1) is 0 Å². The van der Waals surface area contributed by atoms with Crippen LogP contribution in [0.3, 0.4) is 0 Å². The van der Waals surface area contributed by atoms with E-state index >= 15 is 0 Å². The highest BCUT2D eigenvalue weighted by molar-refractivity contribution is 9.10. The van der Waals surface area contributed by atoms with Crippen molar-refractivity contribution in [3.05, 3.63) is 44.5 Å². The van der Waals surface area contributed by atoms with Gasteiger partial charge in [-0.15, -0.1) is 0 Å². The summed E-state index contributed by atoms with van der Waals surface area (Å²) in [6, 6.07) is 7.09. The smallest absolute Gasteiger partial charge is 0.225 e. The lowest BCUT2D eigenvalue weighted by Crippen LogP contribution is -2.09. The lowest BCUT2D eigenvalue weighted by Gasteiger charge is -2.07. The Labute approximate surface area is 129 Å². The molecule has 2 rings (SSSR count). The summed E-state index contributed by atoms with van der Waals surface area (Å²) in [6.07, 6.45) is 0.742. The molecule has 0 saturated heterocycles. The van der Waals surface area contributed by atoms with Crippen molar-refractivity contribution in [3.8, 4) is 0 Å². The summed E-state index contributed by atoms with van der Waals surface area (Å²) in [4.78, 5) is 8.24. The summed E-state index contributed by atoms with van der Waals surface area (Å²) in [7, 11) is 0. The zero-order chi connectivity index (χ0) is 13.8. The first-order valence-corrected chi connectivity index (χ1v) is 7.07. The SMILES string of the molecule is Nc1cc(Br)nc(NCCc2ccc(Cl)cc2Cl)n1. The normalized spacial score (nSPS) is 10.5. The van der Waals surface area contributed by atoms with Crippen molar-refractivity contribution in [3.63, 3.8) is 0 Å². The van der Waals surface area contributed by atoms with Gasteiger partial charge in [-0.1, -0.05) is 29.3 Å². The number of hydrogen-bond acceptors (Lipinski definition) is 4. The molecule has 100 valence electrons. The fourth-order valence-electron chi connectivity index (χ4n) is 1.55. The summed E-state index contributed by atoms with van der Waals surface area (Å²) >= 11 is 15.2. The van der Waals surface area contributed by atoms with E-state index in [-0.39, 0.29) is 0 Å². The van der Waals surface area contributed by atoms with Crippen LogP contribution in [-0.2, 0) is 6.42 Å². The van der Waals surface area contributed by atoms with E-state index in [1.165, 1.54) is 0 Å². The zero-order valence-corrected chi connectivity index (χ0v) is 12.9. The molecule has 0 spiro atoms. The van der Waals surface area contributed by atoms with E-state index in [4.69, 9.17) is 28.9 Å². The third-order valence-electron chi connectivity index (χ3n) is 2.41. The van der Waals surface area contributed by atoms with Crippen molar-refractivity contribution in [2.45, 2.75) is 6.42 Å². The van der Waals surface area contributed by atoms with Gasteiger partial charge in [-0.3, -0.25) is 0 Å². The monoisotopic (exact) mass is 360 g/mol. The molecule has 0 unspecified atom stereocenters. The molecule has 1 heterocycles. The average molecular weight is 362 g/mol. The van der Waals surface area contributed by atoms with Gasteiger partial charge in [0.1, 0.15) is 10.4 Å². The second kappa shape index (κ2) is 6.41. The number of anilines is 2. The summed E-state index contributed by atoms with van der Waals surface area (Å²) in [5.41, 5.74) is 6.64. The second-order valence-corrected chi connectivity index (χ2v) is 5.51. The first-order chi connectivity index (χ1) is 9.04. The number of hydrogen-bond donors (Lipinski definition) is 2. The number of nitrogen functional groups attached to an aromatic ring is 1. The Morgan fingerprint density at radius 3 is 2.68 bits per heavy atom. The van der Waals surface area contributed by atoms with Crippen LogP contribution in [0.4, 0.5) is 11.8 Å². The fourth-order valence-corrected chi connectivity index (χ4v) is 2.45. The van der Waals surface area contributed by atoms with Crippen LogP contribution in [-0.4, -0.2) is 16.5 Å². The van der Waals surface area contributed by atoms with E-state index in [1.807, 2.05) is 12.1 Å². The molecule has 3 N–H and O–H groups in total. The van der Waals surface area contributed by atoms with Gasteiger partial charge in [-0.05, 0) is 40.0 Å². The van der Waals surface area contributed by atoms with Crippen LogP contribution in [0, 0.1) is 0 Å². The van der Waals surface area contributed by atoms with Gasteiger partial charge in [0.15, 0.2) is 0 Å². The molecule has 0 aliphatic heterocycles. The van der Waals surface area contributed by atoms with E-state index in [2.05, 4.69) is 31.2 Å². The first-order valence-electron chi connectivity index (χ1n) is 5.52. The van der Waals surface area contributed by atoms with Gasteiger partial charge in [0.2, 0.25) is 5.95 Å². The maximum absolute atomic E-state index is 6.09. The van der Waals surface area contributed by atoms with Crippen molar-refractivity contribution in [2.24, 2.45) is 0 Å². The Kier molecular flexibility index (Phi) is 4.85. The largest absolute Gasteiger partial charge is 0.383 e. The van der Waals surface area contributed by atoms with Crippen LogP contribution in [0.15, 0.2) is 28.9 Å². The van der Waals surface area contributed by atoms with Crippen LogP contribution in [0.1, 0.15) is 5.56 Å². The highest BCUT2D eigenvalue weighted by Gasteiger charge is 2.03. The van der Waals surface area contributed by atoms with Gasteiger partial charge in [0, 0.05) is 22.7 Å². The Morgan fingerprint density at radius 2 is 2.00 bits per heavy atom. The van der Waals surface area contributed by atoms with E-state index in [9.17, 15) is 0 Å². The second-order valence-electron chi connectivity index (χ2n) is 3.85. The standard InChI is InChI=1S/C12H11BrCl2N4/c13-10-6-11(16)19-12(18-10)17-4-3-7-1-2-8(14)5-9(7)15/h1-2,5-6H,3-4H2,(H3,16,17,18,19). The molecule has 4 nitrogen and oxygen atoms in total. The fraction of sp³-hybridized carbons (Fsp3) is 0.167.